The summed E-state index contributed by atoms with van der Waals surface area (Å²) in [7, 11) is 1.81. The summed E-state index contributed by atoms with van der Waals surface area (Å²) in [6, 6.07) is 14.5. The van der Waals surface area contributed by atoms with Gasteiger partial charge in [0, 0.05) is 13.5 Å². The minimum absolute atomic E-state index is 0.0256. The summed E-state index contributed by atoms with van der Waals surface area (Å²) in [5, 5.41) is 10.7. The molecule has 2 aromatic carbocycles. The minimum Gasteiger partial charge on any atom is -0.433 e. The average Bonchev–Trinajstić information content (AvgIpc) is 3.47. The number of nitrogens with one attached hydrogen (secondary N) is 1. The molecule has 1 aliphatic heterocycles. The summed E-state index contributed by atoms with van der Waals surface area (Å²) in [6.07, 6.45) is -0.700. The topological polar surface area (TPSA) is 139 Å². The molecule has 1 N–H and O–H groups in total. The maximum atomic E-state index is 12.1. The van der Waals surface area contributed by atoms with Crippen LogP contribution in [0.15, 0.2) is 48.5 Å². The SMILES string of the molecule is CN1NN(OC(=O)OCCOC(C)(C)CCOC(C)(C)CCOC(=O)On2nnc3ccccc32)c2ccccc21. The van der Waals surface area contributed by atoms with E-state index in [1.54, 1.807) is 23.2 Å². The van der Waals surface area contributed by atoms with Crippen molar-refractivity contribution in [2.75, 3.05) is 43.7 Å². The molecule has 0 saturated carbocycles. The van der Waals surface area contributed by atoms with Gasteiger partial charge >= 0.3 is 12.3 Å². The van der Waals surface area contributed by atoms with E-state index in [1.807, 2.05) is 65.1 Å². The molecule has 41 heavy (non-hydrogen) atoms. The molecule has 2 heterocycles. The van der Waals surface area contributed by atoms with Gasteiger partial charge in [0.25, 0.3) is 0 Å². The zero-order valence-electron chi connectivity index (χ0n) is 23.9. The molecule has 14 heteroatoms. The second-order valence-corrected chi connectivity index (χ2v) is 10.5. The molecule has 0 spiro atoms. The molecule has 222 valence electrons. The van der Waals surface area contributed by atoms with Gasteiger partial charge in [-0.3, -0.25) is 14.7 Å². The number of benzene rings is 2. The molecule has 4 rings (SSSR count). The van der Waals surface area contributed by atoms with Crippen LogP contribution in [0.25, 0.3) is 11.0 Å². The highest BCUT2D eigenvalue weighted by Gasteiger charge is 2.27. The maximum absolute atomic E-state index is 12.1. The van der Waals surface area contributed by atoms with Gasteiger partial charge in [-0.2, -0.15) is 0 Å². The summed E-state index contributed by atoms with van der Waals surface area (Å²) in [5.74, 6) is 0. The molecule has 0 aliphatic carbocycles. The van der Waals surface area contributed by atoms with Crippen LogP contribution in [0, 0.1) is 0 Å². The van der Waals surface area contributed by atoms with E-state index in [0.717, 1.165) is 10.5 Å². The van der Waals surface area contributed by atoms with Crippen molar-refractivity contribution in [3.05, 3.63) is 48.5 Å². The summed E-state index contributed by atoms with van der Waals surface area (Å²) >= 11 is 0. The third-order valence-corrected chi connectivity index (χ3v) is 6.27. The Morgan fingerprint density at radius 3 is 2.17 bits per heavy atom. The fourth-order valence-corrected chi connectivity index (χ4v) is 3.89. The van der Waals surface area contributed by atoms with Crippen LogP contribution in [0.4, 0.5) is 21.0 Å². The fourth-order valence-electron chi connectivity index (χ4n) is 3.89. The molecular formula is C27H36N6O8. The van der Waals surface area contributed by atoms with Gasteiger partial charge in [-0.15, -0.1) is 15.8 Å². The standard InChI is InChI=1S/C27H36N6O8/c1-26(2,14-16-36-24(34)40-32-21-11-7-6-10-20(21)28-29-32)38-17-15-27(3,4)39-19-18-37-25(35)41-33-23-13-9-8-12-22(23)31(5)30-33/h6-13,30H,14-19H2,1-5H3. The lowest BCUT2D eigenvalue weighted by atomic mass is 10.0. The summed E-state index contributed by atoms with van der Waals surface area (Å²) in [5.41, 5.74) is 4.53. The molecule has 0 amide bonds. The Kier molecular flexibility index (Phi) is 9.47. The van der Waals surface area contributed by atoms with Gasteiger partial charge in [0.1, 0.15) is 23.3 Å². The lowest BCUT2D eigenvalue weighted by Gasteiger charge is -2.29. The molecule has 0 radical (unpaired) electrons. The summed E-state index contributed by atoms with van der Waals surface area (Å²) in [6.45, 7) is 8.39. The van der Waals surface area contributed by atoms with Crippen LogP contribution in [-0.4, -0.2) is 72.1 Å². The number of anilines is 2. The molecule has 14 nitrogen and oxygen atoms in total. The molecule has 0 saturated heterocycles. The van der Waals surface area contributed by atoms with E-state index in [1.165, 1.54) is 5.17 Å². The number of fused-ring (bicyclic) bond motifs is 2. The molecule has 0 fully saturated rings. The van der Waals surface area contributed by atoms with Gasteiger partial charge in [-0.25, -0.2) is 9.59 Å². The Labute approximate surface area is 237 Å². The van der Waals surface area contributed by atoms with Gasteiger partial charge in [0.15, 0.2) is 0 Å². The average molecular weight is 573 g/mol. The third kappa shape index (κ3) is 8.42. The Morgan fingerprint density at radius 1 is 0.780 bits per heavy atom. The van der Waals surface area contributed by atoms with Crippen LogP contribution in [0.3, 0.4) is 0 Å². The molecule has 0 atom stereocenters. The van der Waals surface area contributed by atoms with E-state index in [0.29, 0.717) is 36.2 Å². The van der Waals surface area contributed by atoms with E-state index >= 15 is 0 Å². The summed E-state index contributed by atoms with van der Waals surface area (Å²) in [4.78, 5) is 35.5. The molecule has 0 unspecified atom stereocenters. The van der Waals surface area contributed by atoms with Crippen LogP contribution in [0.2, 0.25) is 0 Å². The lowest BCUT2D eigenvalue weighted by Crippen LogP contribution is -2.43. The quantitative estimate of drug-likeness (QED) is 0.181. The van der Waals surface area contributed by atoms with Gasteiger partial charge in [0.05, 0.1) is 36.7 Å². The first kappa shape index (κ1) is 29.8. The number of rotatable bonds is 13. The first-order valence-corrected chi connectivity index (χ1v) is 13.2. The van der Waals surface area contributed by atoms with Crippen LogP contribution >= 0.6 is 0 Å². The second-order valence-electron chi connectivity index (χ2n) is 10.5. The number of hydrogen-bond acceptors (Lipinski definition) is 13. The number of nitrogens with zero attached hydrogens (tertiary/aromatic N) is 5. The Morgan fingerprint density at radius 2 is 1.39 bits per heavy atom. The molecule has 1 aromatic heterocycles. The number of aromatic nitrogens is 3. The largest absolute Gasteiger partial charge is 0.535 e. The predicted octanol–water partition coefficient (Wildman–Crippen LogP) is 3.81. The van der Waals surface area contributed by atoms with Crippen molar-refractivity contribution in [1.82, 2.24) is 20.7 Å². The van der Waals surface area contributed by atoms with Gasteiger partial charge in [-0.05, 0) is 63.6 Å². The third-order valence-electron chi connectivity index (χ3n) is 6.27. The molecule has 1 aliphatic rings. The van der Waals surface area contributed by atoms with Crippen LogP contribution in [0.5, 0.6) is 0 Å². The highest BCUT2D eigenvalue weighted by Crippen LogP contribution is 2.31. The fraction of sp³-hybridized carbons (Fsp3) is 0.481. The first-order chi connectivity index (χ1) is 19.5. The van der Waals surface area contributed by atoms with Crippen molar-refractivity contribution in [1.29, 1.82) is 0 Å². The second kappa shape index (κ2) is 13.0. The van der Waals surface area contributed by atoms with Crippen LogP contribution in [0.1, 0.15) is 40.5 Å². The van der Waals surface area contributed by atoms with Crippen molar-refractivity contribution in [3.63, 3.8) is 0 Å². The molecular weight excluding hydrogens is 536 g/mol. The summed E-state index contributed by atoms with van der Waals surface area (Å²) < 4.78 is 22.2. The highest BCUT2D eigenvalue weighted by atomic mass is 16.8. The molecule has 3 aromatic rings. The van der Waals surface area contributed by atoms with E-state index in [-0.39, 0.29) is 19.8 Å². The van der Waals surface area contributed by atoms with Crippen molar-refractivity contribution in [2.24, 2.45) is 0 Å². The Hall–Kier alpha value is -4.14. The Bertz CT molecular complexity index is 1330. The number of para-hydroxylation sites is 3. The zero-order valence-corrected chi connectivity index (χ0v) is 23.9. The maximum Gasteiger partial charge on any atom is 0.535 e. The highest BCUT2D eigenvalue weighted by molar-refractivity contribution is 5.75. The minimum atomic E-state index is -0.883. The van der Waals surface area contributed by atoms with Gasteiger partial charge < -0.3 is 18.9 Å². The zero-order chi connectivity index (χ0) is 29.5. The van der Waals surface area contributed by atoms with Gasteiger partial charge in [0.2, 0.25) is 0 Å². The smallest absolute Gasteiger partial charge is 0.433 e. The lowest BCUT2D eigenvalue weighted by molar-refractivity contribution is -0.0870. The van der Waals surface area contributed by atoms with Crippen molar-refractivity contribution in [2.45, 2.75) is 51.7 Å². The van der Waals surface area contributed by atoms with Crippen molar-refractivity contribution in [3.8, 4) is 0 Å². The van der Waals surface area contributed by atoms with E-state index in [4.69, 9.17) is 28.6 Å². The first-order valence-electron chi connectivity index (χ1n) is 13.2. The number of carbonyl (C=O) groups excluding carboxylic acids is 2. The normalized spacial score (nSPS) is 13.3. The number of hydrogen-bond donors (Lipinski definition) is 1. The van der Waals surface area contributed by atoms with Gasteiger partial charge in [-0.1, -0.05) is 29.1 Å². The number of ether oxygens (including phenoxy) is 4. The van der Waals surface area contributed by atoms with E-state index in [9.17, 15) is 9.59 Å². The monoisotopic (exact) mass is 572 g/mol. The van der Waals surface area contributed by atoms with Crippen LogP contribution < -0.4 is 20.6 Å². The number of hydrazine groups is 2. The van der Waals surface area contributed by atoms with E-state index < -0.39 is 23.5 Å². The van der Waals surface area contributed by atoms with Crippen LogP contribution in [-0.2, 0) is 23.8 Å². The van der Waals surface area contributed by atoms with E-state index in [2.05, 4.69) is 15.8 Å². The molecule has 0 bridgehead atoms. The van der Waals surface area contributed by atoms with Crippen molar-refractivity contribution >= 4 is 34.7 Å². The van der Waals surface area contributed by atoms with Crippen molar-refractivity contribution < 1.29 is 38.2 Å². The number of carbonyl (C=O) groups is 2. The Balaban J connectivity index is 1.07. The predicted molar refractivity (Wildman–Crippen MR) is 148 cm³/mol.